The molecular weight excluding hydrogens is 438 g/mol. The normalized spacial score (nSPS) is 11.4. The van der Waals surface area contributed by atoms with Gasteiger partial charge in [-0.3, -0.25) is 24.7 Å². The second kappa shape index (κ2) is 13.2. The molecule has 11 heteroatoms. The van der Waals surface area contributed by atoms with E-state index >= 15 is 0 Å². The van der Waals surface area contributed by atoms with Gasteiger partial charge in [-0.1, -0.05) is 26.7 Å². The van der Waals surface area contributed by atoms with Crippen LogP contribution in [0.3, 0.4) is 0 Å². The lowest BCUT2D eigenvalue weighted by Gasteiger charge is -2.11. The Bertz CT molecular complexity index is 1020. The van der Waals surface area contributed by atoms with Crippen molar-refractivity contribution in [2.75, 3.05) is 25.0 Å². The quantitative estimate of drug-likeness (QED) is 0.135. The lowest BCUT2D eigenvalue weighted by atomic mass is 10.3. The lowest BCUT2D eigenvalue weighted by Crippen LogP contribution is -2.32. The number of amides is 2. The van der Waals surface area contributed by atoms with E-state index in [9.17, 15) is 19.7 Å². The molecule has 0 aliphatic rings. The fraction of sp³-hybridized carbons (Fsp3) is 0.522. The predicted octanol–water partition coefficient (Wildman–Crippen LogP) is 3.23. The molecule has 0 atom stereocenters. The Balaban J connectivity index is 1.95. The zero-order valence-electron chi connectivity index (χ0n) is 20.4. The molecule has 0 saturated carbocycles. The van der Waals surface area contributed by atoms with E-state index in [2.05, 4.69) is 34.8 Å². The van der Waals surface area contributed by atoms with Gasteiger partial charge in [0.1, 0.15) is 11.4 Å². The Kier molecular flexibility index (Phi) is 10.3. The lowest BCUT2D eigenvalue weighted by molar-refractivity contribution is -0.384. The Hall–Kier alpha value is -3.63. The molecule has 0 radical (unpaired) electrons. The number of anilines is 1. The van der Waals surface area contributed by atoms with Gasteiger partial charge >= 0.3 is 0 Å². The van der Waals surface area contributed by atoms with Crippen LogP contribution in [0.25, 0.3) is 0 Å². The minimum absolute atomic E-state index is 0.145. The third-order valence-electron chi connectivity index (χ3n) is 5.25. The van der Waals surface area contributed by atoms with Gasteiger partial charge in [0, 0.05) is 52.4 Å². The summed E-state index contributed by atoms with van der Waals surface area (Å²) in [5.41, 5.74) is 0.788. The van der Waals surface area contributed by atoms with Gasteiger partial charge in [-0.25, -0.2) is 0 Å². The van der Waals surface area contributed by atoms with Crippen molar-refractivity contribution in [1.29, 1.82) is 0 Å². The molecule has 2 aromatic rings. The maximum atomic E-state index is 12.7. The number of nitro groups is 1. The molecule has 0 fully saturated rings. The van der Waals surface area contributed by atoms with Crippen molar-refractivity contribution >= 4 is 29.0 Å². The fourth-order valence-electron chi connectivity index (χ4n) is 3.32. The highest BCUT2D eigenvalue weighted by molar-refractivity contribution is 6.04. The molecule has 0 saturated heterocycles. The average Bonchev–Trinajstić information content (AvgIpc) is 3.36. The van der Waals surface area contributed by atoms with Gasteiger partial charge < -0.3 is 25.1 Å². The van der Waals surface area contributed by atoms with Crippen LogP contribution in [0.1, 0.15) is 66.9 Å². The maximum Gasteiger partial charge on any atom is 0.287 e. The number of aryl methyl sites for hydroxylation is 2. The number of rotatable bonds is 13. The standard InChI is InChI=1S/C23H35N7O4/c1-5-7-10-24-21(25-11-8-6-2)9-12-26-22(31)19-13-17(15-28(19)3)27-23(32)20-14-18(30(33)34)16-29(20)4/h13-16H,5-12H2,1-4H3,(H,24,25)(H,26,31)(H,27,32). The largest absolute Gasteiger partial charge is 0.374 e. The summed E-state index contributed by atoms with van der Waals surface area (Å²) in [5, 5.41) is 19.9. The second-order valence-corrected chi connectivity index (χ2v) is 8.10. The zero-order chi connectivity index (χ0) is 25.1. The van der Waals surface area contributed by atoms with E-state index in [1.165, 1.54) is 16.8 Å². The molecule has 34 heavy (non-hydrogen) atoms. The van der Waals surface area contributed by atoms with Crippen LogP contribution in [0.15, 0.2) is 29.5 Å². The minimum atomic E-state index is -0.555. The van der Waals surface area contributed by atoms with Crippen LogP contribution in [0.4, 0.5) is 11.4 Å². The molecule has 11 nitrogen and oxygen atoms in total. The van der Waals surface area contributed by atoms with Crippen molar-refractivity contribution in [3.63, 3.8) is 0 Å². The number of aliphatic imine (C=N–C) groups is 1. The number of unbranched alkanes of at least 4 members (excludes halogenated alkanes) is 2. The van der Waals surface area contributed by atoms with Crippen molar-refractivity contribution in [3.8, 4) is 0 Å². The third kappa shape index (κ3) is 7.75. The van der Waals surface area contributed by atoms with Crippen molar-refractivity contribution in [2.24, 2.45) is 19.1 Å². The summed E-state index contributed by atoms with van der Waals surface area (Å²) in [6, 6.07) is 2.78. The van der Waals surface area contributed by atoms with Gasteiger partial charge in [0.2, 0.25) is 0 Å². The van der Waals surface area contributed by atoms with Crippen LogP contribution in [0, 0.1) is 10.1 Å². The van der Waals surface area contributed by atoms with E-state index in [-0.39, 0.29) is 17.3 Å². The number of carbonyl (C=O) groups is 2. The molecule has 0 unspecified atom stereocenters. The Morgan fingerprint density at radius 1 is 0.971 bits per heavy atom. The van der Waals surface area contributed by atoms with Gasteiger partial charge in [0.25, 0.3) is 17.5 Å². The number of amidine groups is 1. The van der Waals surface area contributed by atoms with E-state index < -0.39 is 10.8 Å². The van der Waals surface area contributed by atoms with Gasteiger partial charge in [-0.05, 0) is 18.9 Å². The number of hydrogen-bond acceptors (Lipinski definition) is 5. The van der Waals surface area contributed by atoms with Crippen LogP contribution < -0.4 is 16.0 Å². The summed E-state index contributed by atoms with van der Waals surface area (Å²) in [6.07, 6.45) is 7.77. The van der Waals surface area contributed by atoms with E-state index in [0.717, 1.165) is 44.6 Å². The molecule has 0 spiro atoms. The molecule has 2 heterocycles. The first-order valence-corrected chi connectivity index (χ1v) is 11.6. The monoisotopic (exact) mass is 473 g/mol. The van der Waals surface area contributed by atoms with E-state index in [4.69, 9.17) is 0 Å². The van der Waals surface area contributed by atoms with Gasteiger partial charge in [0.15, 0.2) is 0 Å². The van der Waals surface area contributed by atoms with Crippen molar-refractivity contribution in [1.82, 2.24) is 19.8 Å². The van der Waals surface area contributed by atoms with Crippen LogP contribution in [-0.4, -0.2) is 51.3 Å². The molecule has 2 amide bonds. The molecule has 2 rings (SSSR count). The molecule has 0 bridgehead atoms. The number of aromatic nitrogens is 2. The Labute approximate surface area is 199 Å². The first kappa shape index (κ1) is 26.6. The fourth-order valence-corrected chi connectivity index (χ4v) is 3.32. The topological polar surface area (TPSA) is 136 Å². The summed E-state index contributed by atoms with van der Waals surface area (Å²) in [4.78, 5) is 40.2. The number of nitrogens with one attached hydrogen (secondary N) is 3. The molecule has 2 aromatic heterocycles. The van der Waals surface area contributed by atoms with E-state index in [1.807, 2.05) is 0 Å². The van der Waals surface area contributed by atoms with Crippen LogP contribution >= 0.6 is 0 Å². The second-order valence-electron chi connectivity index (χ2n) is 8.10. The third-order valence-corrected chi connectivity index (χ3v) is 5.25. The summed E-state index contributed by atoms with van der Waals surface area (Å²) in [7, 11) is 3.27. The van der Waals surface area contributed by atoms with Gasteiger partial charge in [-0.15, -0.1) is 0 Å². The zero-order valence-corrected chi connectivity index (χ0v) is 20.4. The smallest absolute Gasteiger partial charge is 0.287 e. The number of hydrogen-bond donors (Lipinski definition) is 3. The molecule has 0 aliphatic carbocycles. The molecule has 0 aromatic carbocycles. The highest BCUT2D eigenvalue weighted by Gasteiger charge is 2.19. The molecule has 3 N–H and O–H groups in total. The van der Waals surface area contributed by atoms with Crippen LogP contribution in [-0.2, 0) is 14.1 Å². The SMILES string of the molecule is CCCC/N=C(\CCNC(=O)c1cc(NC(=O)c2cc([N+](=O)[O-])cn2C)cn1C)NCCCC. The predicted molar refractivity (Wildman–Crippen MR) is 133 cm³/mol. The van der Waals surface area contributed by atoms with E-state index in [1.54, 1.807) is 30.9 Å². The highest BCUT2D eigenvalue weighted by Crippen LogP contribution is 2.18. The maximum absolute atomic E-state index is 12.7. The number of nitrogens with zero attached hydrogens (tertiary/aromatic N) is 4. The summed E-state index contributed by atoms with van der Waals surface area (Å²) in [6.45, 7) is 6.32. The first-order chi connectivity index (χ1) is 16.3. The van der Waals surface area contributed by atoms with Gasteiger partial charge in [-0.2, -0.15) is 0 Å². The van der Waals surface area contributed by atoms with Crippen molar-refractivity contribution in [2.45, 2.75) is 46.0 Å². The van der Waals surface area contributed by atoms with Gasteiger partial charge in [0.05, 0.1) is 22.6 Å². The van der Waals surface area contributed by atoms with Crippen molar-refractivity contribution < 1.29 is 14.5 Å². The van der Waals surface area contributed by atoms with Crippen LogP contribution in [0.2, 0.25) is 0 Å². The number of carbonyl (C=O) groups excluding carboxylic acids is 2. The average molecular weight is 474 g/mol. The van der Waals surface area contributed by atoms with Crippen molar-refractivity contribution in [3.05, 3.63) is 46.0 Å². The van der Waals surface area contributed by atoms with E-state index in [0.29, 0.717) is 24.3 Å². The summed E-state index contributed by atoms with van der Waals surface area (Å²) < 4.78 is 3.01. The highest BCUT2D eigenvalue weighted by atomic mass is 16.6. The molecule has 0 aliphatic heterocycles. The Morgan fingerprint density at radius 2 is 1.65 bits per heavy atom. The minimum Gasteiger partial charge on any atom is -0.374 e. The first-order valence-electron chi connectivity index (χ1n) is 11.6. The summed E-state index contributed by atoms with van der Waals surface area (Å²) >= 11 is 0. The summed E-state index contributed by atoms with van der Waals surface area (Å²) in [5.74, 6) is 0.136. The Morgan fingerprint density at radius 3 is 2.29 bits per heavy atom. The molecule has 186 valence electrons. The molecular formula is C23H35N7O4. The van der Waals surface area contributed by atoms with Crippen LogP contribution in [0.5, 0.6) is 0 Å².